The molecule has 0 atom stereocenters. The highest BCUT2D eigenvalue weighted by molar-refractivity contribution is 7.99. The van der Waals surface area contributed by atoms with Crippen molar-refractivity contribution in [3.63, 3.8) is 0 Å². The van der Waals surface area contributed by atoms with E-state index in [-0.39, 0.29) is 11.7 Å². The summed E-state index contributed by atoms with van der Waals surface area (Å²) in [6, 6.07) is 14.6. The summed E-state index contributed by atoms with van der Waals surface area (Å²) in [6.45, 7) is 2.98. The fourth-order valence-electron chi connectivity index (χ4n) is 3.50. The molecule has 1 aliphatic rings. The molecule has 1 fully saturated rings. The van der Waals surface area contributed by atoms with E-state index in [2.05, 4.69) is 15.5 Å². The van der Waals surface area contributed by atoms with Crippen LogP contribution in [-0.4, -0.2) is 52.3 Å². The van der Waals surface area contributed by atoms with Gasteiger partial charge in [-0.15, -0.1) is 11.8 Å². The number of benzene rings is 2. The summed E-state index contributed by atoms with van der Waals surface area (Å²) in [4.78, 5) is 21.4. The third-order valence-electron chi connectivity index (χ3n) is 5.09. The number of hydrogen-bond acceptors (Lipinski definition) is 4. The molecule has 0 aliphatic carbocycles. The Bertz CT molecular complexity index is 964. The van der Waals surface area contributed by atoms with Gasteiger partial charge in [-0.25, -0.2) is 9.37 Å². The van der Waals surface area contributed by atoms with Crippen LogP contribution < -0.4 is 4.90 Å². The van der Waals surface area contributed by atoms with Crippen molar-refractivity contribution in [1.29, 1.82) is 0 Å². The number of hydrogen-bond donors (Lipinski definition) is 0. The van der Waals surface area contributed by atoms with E-state index in [9.17, 15) is 9.18 Å². The number of aromatic nitrogens is 2. The number of amides is 1. The zero-order valence-electron chi connectivity index (χ0n) is 15.8. The van der Waals surface area contributed by atoms with Crippen LogP contribution in [0.5, 0.6) is 0 Å². The molecule has 28 heavy (non-hydrogen) atoms. The molecule has 0 N–H and O–H groups in total. The number of para-hydroxylation sites is 2. The Hall–Kier alpha value is -2.54. The highest BCUT2D eigenvalue weighted by Crippen LogP contribution is 2.22. The Morgan fingerprint density at radius 2 is 1.79 bits per heavy atom. The first-order valence-corrected chi connectivity index (χ1v) is 10.5. The molecule has 0 saturated carbocycles. The average molecular weight is 399 g/mol. The highest BCUT2D eigenvalue weighted by Gasteiger charge is 2.23. The number of piperazine rings is 1. The van der Waals surface area contributed by atoms with Crippen molar-refractivity contribution >= 4 is 34.7 Å². The summed E-state index contributed by atoms with van der Waals surface area (Å²) in [5, 5.41) is 0. The summed E-state index contributed by atoms with van der Waals surface area (Å²) in [5.41, 5.74) is 3.15. The quantitative estimate of drug-likeness (QED) is 0.661. The second-order valence-electron chi connectivity index (χ2n) is 6.95. The summed E-state index contributed by atoms with van der Waals surface area (Å²) < 4.78 is 15.1. The maximum atomic E-state index is 12.9. The predicted octanol–water partition coefficient (Wildman–Crippen LogP) is 3.29. The highest BCUT2D eigenvalue weighted by atomic mass is 32.2. The lowest BCUT2D eigenvalue weighted by atomic mass is 10.2. The molecule has 1 aliphatic heterocycles. The van der Waals surface area contributed by atoms with Gasteiger partial charge in [-0.2, -0.15) is 0 Å². The van der Waals surface area contributed by atoms with Crippen molar-refractivity contribution in [2.75, 3.05) is 36.8 Å². The molecule has 2 heterocycles. The Balaban J connectivity index is 1.29. The molecular formula is C21H23FN4OS. The van der Waals surface area contributed by atoms with Crippen LogP contribution in [0.4, 0.5) is 10.3 Å². The Morgan fingerprint density at radius 1 is 1.07 bits per heavy atom. The lowest BCUT2D eigenvalue weighted by Gasteiger charge is -2.35. The van der Waals surface area contributed by atoms with E-state index in [1.165, 1.54) is 12.1 Å². The Morgan fingerprint density at radius 3 is 2.50 bits per heavy atom. The molecule has 3 aromatic rings. The average Bonchev–Trinajstić information content (AvgIpc) is 3.06. The van der Waals surface area contributed by atoms with Crippen LogP contribution in [0.2, 0.25) is 0 Å². The molecule has 5 nitrogen and oxygen atoms in total. The number of nitrogens with zero attached hydrogens (tertiary/aromatic N) is 4. The number of carbonyl (C=O) groups is 1. The van der Waals surface area contributed by atoms with E-state index in [0.717, 1.165) is 35.6 Å². The standard InChI is InChI=1S/C21H23FN4OS/c1-24-19-5-3-2-4-18(19)23-21(24)26-12-10-25(11-13-26)20(27)15-28-14-16-6-8-17(22)9-7-16/h2-9H,10-15H2,1H3. The minimum absolute atomic E-state index is 0.164. The first-order valence-electron chi connectivity index (χ1n) is 9.38. The first-order chi connectivity index (χ1) is 13.6. The molecule has 0 spiro atoms. The van der Waals surface area contributed by atoms with Gasteiger partial charge in [-0.3, -0.25) is 4.79 Å². The molecule has 1 saturated heterocycles. The third kappa shape index (κ3) is 3.99. The minimum Gasteiger partial charge on any atom is -0.339 e. The van der Waals surface area contributed by atoms with Crippen LogP contribution in [0.25, 0.3) is 11.0 Å². The molecule has 146 valence electrons. The Labute approximate surface area is 168 Å². The van der Waals surface area contributed by atoms with Crippen LogP contribution >= 0.6 is 11.8 Å². The van der Waals surface area contributed by atoms with E-state index in [4.69, 9.17) is 4.98 Å². The third-order valence-corrected chi connectivity index (χ3v) is 6.07. The summed E-state index contributed by atoms with van der Waals surface area (Å²) in [6.07, 6.45) is 0. The van der Waals surface area contributed by atoms with Gasteiger partial charge in [-0.05, 0) is 29.8 Å². The topological polar surface area (TPSA) is 41.4 Å². The van der Waals surface area contributed by atoms with E-state index < -0.39 is 0 Å². The summed E-state index contributed by atoms with van der Waals surface area (Å²) in [5.74, 6) is 2.05. The molecule has 1 amide bonds. The number of rotatable bonds is 5. The molecule has 0 unspecified atom stereocenters. The second-order valence-corrected chi connectivity index (χ2v) is 7.93. The monoisotopic (exact) mass is 398 g/mol. The van der Waals surface area contributed by atoms with Gasteiger partial charge >= 0.3 is 0 Å². The number of anilines is 1. The molecule has 1 aromatic heterocycles. The molecule has 0 bridgehead atoms. The van der Waals surface area contributed by atoms with E-state index >= 15 is 0 Å². The molecule has 0 radical (unpaired) electrons. The van der Waals surface area contributed by atoms with Crippen molar-refractivity contribution in [3.8, 4) is 0 Å². The largest absolute Gasteiger partial charge is 0.339 e. The van der Waals surface area contributed by atoms with Gasteiger partial charge in [0.15, 0.2) is 0 Å². The summed E-state index contributed by atoms with van der Waals surface area (Å²) >= 11 is 1.57. The van der Waals surface area contributed by atoms with E-state index in [0.29, 0.717) is 24.6 Å². The van der Waals surface area contributed by atoms with Crippen molar-refractivity contribution in [3.05, 3.63) is 59.9 Å². The van der Waals surface area contributed by atoms with Gasteiger partial charge in [0.25, 0.3) is 0 Å². The van der Waals surface area contributed by atoms with Crippen LogP contribution in [0, 0.1) is 5.82 Å². The number of thioether (sulfide) groups is 1. The number of aryl methyl sites for hydroxylation is 1. The lowest BCUT2D eigenvalue weighted by molar-refractivity contribution is -0.128. The van der Waals surface area contributed by atoms with E-state index in [1.807, 2.05) is 30.1 Å². The van der Waals surface area contributed by atoms with Gasteiger partial charge in [0.1, 0.15) is 5.82 Å². The smallest absolute Gasteiger partial charge is 0.232 e. The summed E-state index contributed by atoms with van der Waals surface area (Å²) in [7, 11) is 2.04. The zero-order chi connectivity index (χ0) is 19.5. The number of halogens is 1. The van der Waals surface area contributed by atoms with Crippen molar-refractivity contribution in [2.45, 2.75) is 5.75 Å². The van der Waals surface area contributed by atoms with Crippen molar-refractivity contribution < 1.29 is 9.18 Å². The fourth-order valence-corrected chi connectivity index (χ4v) is 4.39. The van der Waals surface area contributed by atoms with E-state index in [1.54, 1.807) is 23.9 Å². The molecule has 4 rings (SSSR count). The van der Waals surface area contributed by atoms with Crippen LogP contribution in [-0.2, 0) is 17.6 Å². The van der Waals surface area contributed by atoms with Gasteiger partial charge in [-0.1, -0.05) is 24.3 Å². The SMILES string of the molecule is Cn1c(N2CCN(C(=O)CSCc3ccc(F)cc3)CC2)nc2ccccc21. The van der Waals surface area contributed by atoms with Gasteiger partial charge < -0.3 is 14.4 Å². The Kier molecular flexibility index (Phi) is 5.52. The second kappa shape index (κ2) is 8.22. The first kappa shape index (κ1) is 18.8. The normalized spacial score (nSPS) is 14.6. The van der Waals surface area contributed by atoms with Gasteiger partial charge in [0, 0.05) is 39.0 Å². The minimum atomic E-state index is -0.233. The molecular weight excluding hydrogens is 375 g/mol. The van der Waals surface area contributed by atoms with Gasteiger partial charge in [0.2, 0.25) is 11.9 Å². The molecule has 2 aromatic carbocycles. The number of fused-ring (bicyclic) bond motifs is 1. The predicted molar refractivity (Wildman–Crippen MR) is 112 cm³/mol. The lowest BCUT2D eigenvalue weighted by Crippen LogP contribution is -2.50. The van der Waals surface area contributed by atoms with Crippen LogP contribution in [0.3, 0.4) is 0 Å². The fraction of sp³-hybridized carbons (Fsp3) is 0.333. The van der Waals surface area contributed by atoms with Crippen molar-refractivity contribution in [2.24, 2.45) is 7.05 Å². The van der Waals surface area contributed by atoms with Crippen LogP contribution in [0.1, 0.15) is 5.56 Å². The maximum absolute atomic E-state index is 12.9. The maximum Gasteiger partial charge on any atom is 0.232 e. The van der Waals surface area contributed by atoms with Crippen molar-refractivity contribution in [1.82, 2.24) is 14.5 Å². The number of imidazole rings is 1. The number of carbonyl (C=O) groups excluding carboxylic acids is 1. The molecule has 7 heteroatoms. The van der Waals surface area contributed by atoms with Crippen LogP contribution in [0.15, 0.2) is 48.5 Å². The zero-order valence-corrected chi connectivity index (χ0v) is 16.7. The van der Waals surface area contributed by atoms with Gasteiger partial charge in [0.05, 0.1) is 16.8 Å².